The van der Waals surface area contributed by atoms with Gasteiger partial charge < -0.3 is 9.84 Å². The van der Waals surface area contributed by atoms with E-state index in [1.54, 1.807) is 7.11 Å². The first-order valence-corrected chi connectivity index (χ1v) is 4.79. The zero-order valence-electron chi connectivity index (χ0n) is 8.23. The second-order valence-electron chi connectivity index (χ2n) is 3.57. The number of allylic oxidation sites excluding steroid dienone is 1. The van der Waals surface area contributed by atoms with Gasteiger partial charge in [0, 0.05) is 12.5 Å². The summed E-state index contributed by atoms with van der Waals surface area (Å²) < 4.78 is 5.08. The molecule has 0 amide bonds. The molecular formula is C12H14O2. The molecular weight excluding hydrogens is 176 g/mol. The van der Waals surface area contributed by atoms with E-state index >= 15 is 0 Å². The Morgan fingerprint density at radius 1 is 1.36 bits per heavy atom. The Kier molecular flexibility index (Phi) is 2.55. The van der Waals surface area contributed by atoms with E-state index in [1.807, 2.05) is 12.1 Å². The zero-order chi connectivity index (χ0) is 9.97. The molecule has 1 N–H and O–H groups in total. The van der Waals surface area contributed by atoms with Crippen molar-refractivity contribution in [3.63, 3.8) is 0 Å². The van der Waals surface area contributed by atoms with Gasteiger partial charge >= 0.3 is 0 Å². The quantitative estimate of drug-likeness (QED) is 0.790. The molecule has 74 valence electrons. The zero-order valence-corrected chi connectivity index (χ0v) is 8.23. The monoisotopic (exact) mass is 190 g/mol. The maximum absolute atomic E-state index is 8.87. The number of methoxy groups -OCH3 is 1. The number of ether oxygens (including phenoxy) is 1. The van der Waals surface area contributed by atoms with E-state index in [0.717, 1.165) is 12.2 Å². The van der Waals surface area contributed by atoms with Crippen LogP contribution in [0.5, 0.6) is 5.75 Å². The van der Waals surface area contributed by atoms with Gasteiger partial charge in [0.1, 0.15) is 5.75 Å². The fourth-order valence-corrected chi connectivity index (χ4v) is 1.67. The predicted molar refractivity (Wildman–Crippen MR) is 56.2 cm³/mol. The summed E-state index contributed by atoms with van der Waals surface area (Å²) in [5.41, 5.74) is 2.56. The fraction of sp³-hybridized carbons (Fsp3) is 0.333. The summed E-state index contributed by atoms with van der Waals surface area (Å²) >= 11 is 0. The molecule has 1 aliphatic rings. The van der Waals surface area contributed by atoms with E-state index in [1.165, 1.54) is 11.1 Å². The van der Waals surface area contributed by atoms with Crippen molar-refractivity contribution in [2.45, 2.75) is 6.42 Å². The Bertz CT molecular complexity index is 338. The molecule has 0 bridgehead atoms. The minimum absolute atomic E-state index is 0.264. The normalized spacial score (nSPS) is 19.9. The summed E-state index contributed by atoms with van der Waals surface area (Å²) in [6.07, 6.45) is 3.12. The summed E-state index contributed by atoms with van der Waals surface area (Å²) in [4.78, 5) is 0. The summed E-state index contributed by atoms with van der Waals surface area (Å²) in [6, 6.07) is 8.03. The molecule has 0 aromatic heterocycles. The lowest BCUT2D eigenvalue weighted by molar-refractivity contribution is 0.248. The lowest BCUT2D eigenvalue weighted by Gasteiger charge is -2.23. The lowest BCUT2D eigenvalue weighted by Crippen LogP contribution is -2.12. The van der Waals surface area contributed by atoms with Gasteiger partial charge in [0.15, 0.2) is 0 Å². The molecule has 0 unspecified atom stereocenters. The number of hydrogen-bond acceptors (Lipinski definition) is 2. The van der Waals surface area contributed by atoms with Crippen LogP contribution in [0, 0.1) is 5.92 Å². The van der Waals surface area contributed by atoms with Crippen LogP contribution in [0.4, 0.5) is 0 Å². The summed E-state index contributed by atoms with van der Waals surface area (Å²) in [5.74, 6) is 1.25. The highest BCUT2D eigenvalue weighted by Gasteiger charge is 2.18. The van der Waals surface area contributed by atoms with E-state index in [2.05, 4.69) is 18.2 Å². The van der Waals surface area contributed by atoms with E-state index < -0.39 is 0 Å². The molecule has 2 rings (SSSR count). The fourth-order valence-electron chi connectivity index (χ4n) is 1.67. The number of hydrogen-bond donors (Lipinski definition) is 1. The lowest BCUT2D eigenvalue weighted by atomic mass is 9.83. The molecule has 1 atom stereocenters. The second kappa shape index (κ2) is 3.84. The van der Waals surface area contributed by atoms with Gasteiger partial charge in [-0.1, -0.05) is 18.2 Å². The van der Waals surface area contributed by atoms with Crippen LogP contribution in [-0.2, 0) is 0 Å². The molecule has 2 heteroatoms. The van der Waals surface area contributed by atoms with Gasteiger partial charge in [0.2, 0.25) is 0 Å². The third-order valence-corrected chi connectivity index (χ3v) is 2.61. The highest BCUT2D eigenvalue weighted by molar-refractivity contribution is 5.71. The van der Waals surface area contributed by atoms with Gasteiger partial charge in [-0.3, -0.25) is 0 Å². The maximum atomic E-state index is 8.87. The number of benzene rings is 1. The van der Waals surface area contributed by atoms with Crippen LogP contribution in [0.15, 0.2) is 30.3 Å². The van der Waals surface area contributed by atoms with Crippen molar-refractivity contribution >= 4 is 5.57 Å². The molecule has 1 aromatic rings. The van der Waals surface area contributed by atoms with E-state index in [4.69, 9.17) is 9.84 Å². The Balaban J connectivity index is 2.11. The highest BCUT2D eigenvalue weighted by atomic mass is 16.5. The van der Waals surface area contributed by atoms with Crippen LogP contribution in [0.25, 0.3) is 5.57 Å². The first-order chi connectivity index (χ1) is 6.83. The van der Waals surface area contributed by atoms with Gasteiger partial charge in [-0.25, -0.2) is 0 Å². The number of aliphatic hydroxyl groups is 1. The topological polar surface area (TPSA) is 29.5 Å². The van der Waals surface area contributed by atoms with Crippen molar-refractivity contribution < 1.29 is 9.84 Å². The SMILES string of the molecule is COc1ccc(C2=C[C@@H](CO)C2)cc1. The van der Waals surface area contributed by atoms with Crippen molar-refractivity contribution in [1.29, 1.82) is 0 Å². The van der Waals surface area contributed by atoms with Crippen molar-refractivity contribution in [1.82, 2.24) is 0 Å². The van der Waals surface area contributed by atoms with E-state index in [-0.39, 0.29) is 6.61 Å². The van der Waals surface area contributed by atoms with Gasteiger partial charge in [-0.05, 0) is 29.7 Å². The Hall–Kier alpha value is -1.28. The molecule has 0 radical (unpaired) electrons. The third-order valence-electron chi connectivity index (χ3n) is 2.61. The average molecular weight is 190 g/mol. The minimum Gasteiger partial charge on any atom is -0.497 e. The van der Waals surface area contributed by atoms with Crippen LogP contribution in [0.2, 0.25) is 0 Å². The van der Waals surface area contributed by atoms with Crippen molar-refractivity contribution in [3.05, 3.63) is 35.9 Å². The Labute approximate surface area is 83.8 Å². The first-order valence-electron chi connectivity index (χ1n) is 4.79. The second-order valence-corrected chi connectivity index (χ2v) is 3.57. The third kappa shape index (κ3) is 1.66. The predicted octanol–water partition coefficient (Wildman–Crippen LogP) is 2.09. The van der Waals surface area contributed by atoms with Crippen LogP contribution in [0.1, 0.15) is 12.0 Å². The molecule has 0 spiro atoms. The Morgan fingerprint density at radius 2 is 2.00 bits per heavy atom. The van der Waals surface area contributed by atoms with E-state index in [9.17, 15) is 0 Å². The summed E-state index contributed by atoms with van der Waals surface area (Å²) in [7, 11) is 1.67. The van der Waals surface area contributed by atoms with Crippen molar-refractivity contribution in [3.8, 4) is 5.75 Å². The van der Waals surface area contributed by atoms with Crippen LogP contribution in [0.3, 0.4) is 0 Å². The van der Waals surface area contributed by atoms with Gasteiger partial charge in [-0.2, -0.15) is 0 Å². The molecule has 1 aromatic carbocycles. The molecule has 0 saturated carbocycles. The minimum atomic E-state index is 0.264. The summed E-state index contributed by atoms with van der Waals surface area (Å²) in [6.45, 7) is 0.264. The molecule has 14 heavy (non-hydrogen) atoms. The standard InChI is InChI=1S/C12H14O2/c1-14-12-4-2-10(3-5-12)11-6-9(7-11)8-13/h2-6,9,13H,7-8H2,1H3/t9-/m1/s1. The largest absolute Gasteiger partial charge is 0.497 e. The van der Waals surface area contributed by atoms with Gasteiger partial charge in [0.25, 0.3) is 0 Å². The number of rotatable bonds is 3. The van der Waals surface area contributed by atoms with Crippen molar-refractivity contribution in [2.75, 3.05) is 13.7 Å². The van der Waals surface area contributed by atoms with Crippen LogP contribution < -0.4 is 4.74 Å². The van der Waals surface area contributed by atoms with Gasteiger partial charge in [-0.15, -0.1) is 0 Å². The number of aliphatic hydroxyl groups excluding tert-OH is 1. The van der Waals surface area contributed by atoms with E-state index in [0.29, 0.717) is 5.92 Å². The maximum Gasteiger partial charge on any atom is 0.118 e. The van der Waals surface area contributed by atoms with Crippen LogP contribution in [-0.4, -0.2) is 18.8 Å². The molecule has 0 aliphatic heterocycles. The first kappa shape index (κ1) is 9.28. The Morgan fingerprint density at radius 3 is 2.50 bits per heavy atom. The van der Waals surface area contributed by atoms with Crippen molar-refractivity contribution in [2.24, 2.45) is 5.92 Å². The molecule has 1 aliphatic carbocycles. The molecule has 2 nitrogen and oxygen atoms in total. The smallest absolute Gasteiger partial charge is 0.118 e. The van der Waals surface area contributed by atoms with Gasteiger partial charge in [0.05, 0.1) is 7.11 Å². The average Bonchev–Trinajstić information content (AvgIpc) is 2.17. The highest BCUT2D eigenvalue weighted by Crippen LogP contribution is 2.34. The molecule has 0 saturated heterocycles. The molecule has 0 heterocycles. The van der Waals surface area contributed by atoms with Crippen LogP contribution >= 0.6 is 0 Å². The summed E-state index contributed by atoms with van der Waals surface area (Å²) in [5, 5.41) is 8.87. The molecule has 0 fully saturated rings.